The van der Waals surface area contributed by atoms with Crippen molar-refractivity contribution in [1.29, 1.82) is 0 Å². The Hall–Kier alpha value is -2.06. The van der Waals surface area contributed by atoms with Crippen LogP contribution in [0.25, 0.3) is 11.3 Å². The van der Waals surface area contributed by atoms with Crippen LogP contribution in [0.1, 0.15) is 23.2 Å². The van der Waals surface area contributed by atoms with Crippen LogP contribution in [-0.2, 0) is 4.79 Å². The first-order chi connectivity index (χ1) is 14.5. The number of nitrogens with one attached hydrogen (secondary N) is 2. The Morgan fingerprint density at radius 2 is 1.90 bits per heavy atom. The summed E-state index contributed by atoms with van der Waals surface area (Å²) in [5.74, 6) is -0.0627. The summed E-state index contributed by atoms with van der Waals surface area (Å²) in [6, 6.07) is 14.6. The number of carbonyl (C=O) groups is 2. The van der Waals surface area contributed by atoms with Gasteiger partial charge in [0.25, 0.3) is 5.91 Å². The Balaban J connectivity index is 1.55. The summed E-state index contributed by atoms with van der Waals surface area (Å²) < 4.78 is 0.706. The summed E-state index contributed by atoms with van der Waals surface area (Å²) in [4.78, 5) is 29.5. The molecule has 0 radical (unpaired) electrons. The number of benzene rings is 2. The second-order valence-electron chi connectivity index (χ2n) is 6.73. The van der Waals surface area contributed by atoms with Crippen molar-refractivity contribution in [2.45, 2.75) is 23.2 Å². The average molecular weight is 478 g/mol. The molecule has 0 saturated heterocycles. The number of aromatic nitrogens is 1. The predicted octanol–water partition coefficient (Wildman–Crippen LogP) is 5.74. The van der Waals surface area contributed by atoms with Crippen molar-refractivity contribution in [3.63, 3.8) is 0 Å². The number of hydrogen-bond acceptors (Lipinski definition) is 5. The Labute approximate surface area is 192 Å². The Morgan fingerprint density at radius 1 is 1.13 bits per heavy atom. The van der Waals surface area contributed by atoms with E-state index in [9.17, 15) is 9.59 Å². The summed E-state index contributed by atoms with van der Waals surface area (Å²) in [5.41, 5.74) is 1.86. The van der Waals surface area contributed by atoms with Gasteiger partial charge < -0.3 is 10.6 Å². The fourth-order valence-corrected chi connectivity index (χ4v) is 5.07. The average Bonchev–Trinajstić information content (AvgIpc) is 3.44. The number of thioether (sulfide) groups is 1. The van der Waals surface area contributed by atoms with Crippen LogP contribution in [0.2, 0.25) is 10.0 Å². The molecule has 9 heteroatoms. The van der Waals surface area contributed by atoms with Gasteiger partial charge in [-0.2, -0.15) is 0 Å². The second-order valence-corrected chi connectivity index (χ2v) is 9.80. The van der Waals surface area contributed by atoms with Crippen LogP contribution in [-0.4, -0.2) is 28.6 Å². The zero-order valence-electron chi connectivity index (χ0n) is 15.7. The lowest BCUT2D eigenvalue weighted by molar-refractivity contribution is -0.118. The van der Waals surface area contributed by atoms with Crippen molar-refractivity contribution in [2.24, 2.45) is 0 Å². The number of nitrogens with zero attached hydrogens (tertiary/aromatic N) is 1. The monoisotopic (exact) mass is 477 g/mol. The Bertz CT molecular complexity index is 1090. The minimum atomic E-state index is -0.347. The van der Waals surface area contributed by atoms with Crippen LogP contribution < -0.4 is 10.6 Å². The van der Waals surface area contributed by atoms with E-state index in [1.54, 1.807) is 12.1 Å². The molecule has 4 rings (SSSR count). The van der Waals surface area contributed by atoms with E-state index in [1.807, 2.05) is 30.3 Å². The molecule has 2 amide bonds. The molecule has 5 nitrogen and oxygen atoms in total. The number of thiazole rings is 1. The maximum atomic E-state index is 12.8. The molecular formula is C21H17Cl2N3O2S2. The van der Waals surface area contributed by atoms with Crippen molar-refractivity contribution in [2.75, 3.05) is 11.1 Å². The van der Waals surface area contributed by atoms with Crippen molar-refractivity contribution in [3.05, 3.63) is 64.1 Å². The van der Waals surface area contributed by atoms with Crippen molar-refractivity contribution in [3.8, 4) is 11.3 Å². The van der Waals surface area contributed by atoms with Crippen LogP contribution in [0.15, 0.2) is 52.9 Å². The Kier molecular flexibility index (Phi) is 6.63. The maximum absolute atomic E-state index is 12.8. The number of rotatable bonds is 7. The van der Waals surface area contributed by atoms with Crippen molar-refractivity contribution >= 4 is 63.1 Å². The molecule has 1 aliphatic carbocycles. The van der Waals surface area contributed by atoms with E-state index in [-0.39, 0.29) is 22.6 Å². The lowest BCUT2D eigenvalue weighted by Crippen LogP contribution is -2.26. The minimum Gasteiger partial charge on any atom is -0.353 e. The molecule has 2 aromatic carbocycles. The fraction of sp³-hybridized carbons (Fsp3) is 0.190. The molecular weight excluding hydrogens is 461 g/mol. The number of anilines is 1. The zero-order valence-corrected chi connectivity index (χ0v) is 18.8. The van der Waals surface area contributed by atoms with Gasteiger partial charge in [0.15, 0.2) is 4.34 Å². The zero-order chi connectivity index (χ0) is 21.1. The third-order valence-electron chi connectivity index (χ3n) is 4.33. The van der Waals surface area contributed by atoms with E-state index in [4.69, 9.17) is 23.2 Å². The lowest BCUT2D eigenvalue weighted by atomic mass is 10.1. The molecule has 0 aliphatic heterocycles. The summed E-state index contributed by atoms with van der Waals surface area (Å²) in [7, 11) is 0. The minimum absolute atomic E-state index is 0.00232. The molecule has 0 bridgehead atoms. The van der Waals surface area contributed by atoms with E-state index >= 15 is 0 Å². The third kappa shape index (κ3) is 5.35. The highest BCUT2D eigenvalue weighted by molar-refractivity contribution is 8.01. The third-order valence-corrected chi connectivity index (χ3v) is 6.99. The van der Waals surface area contributed by atoms with Gasteiger partial charge in [0, 0.05) is 16.6 Å². The van der Waals surface area contributed by atoms with E-state index < -0.39 is 0 Å². The standard InChI is InChI=1S/C21H17Cl2N3O2S2/c22-13-6-9-15(16(23)10-13)19(28)26-20-18(12-4-2-1-3-5-12)25-21(30-20)29-11-17(27)24-14-7-8-14/h1-6,9-10,14H,7-8,11H2,(H,24,27)(H,26,28). The highest BCUT2D eigenvalue weighted by Crippen LogP contribution is 2.38. The smallest absolute Gasteiger partial charge is 0.257 e. The van der Waals surface area contributed by atoms with E-state index in [1.165, 1.54) is 29.2 Å². The number of hydrogen-bond donors (Lipinski definition) is 2. The van der Waals surface area contributed by atoms with E-state index in [0.29, 0.717) is 31.7 Å². The van der Waals surface area contributed by atoms with Crippen LogP contribution in [0.5, 0.6) is 0 Å². The van der Waals surface area contributed by atoms with Gasteiger partial charge in [0.05, 0.1) is 16.3 Å². The summed E-state index contributed by atoms with van der Waals surface area (Å²) in [6.07, 6.45) is 2.10. The summed E-state index contributed by atoms with van der Waals surface area (Å²) in [6.45, 7) is 0. The number of amides is 2. The van der Waals surface area contributed by atoms with Gasteiger partial charge in [-0.15, -0.1) is 0 Å². The quantitative estimate of drug-likeness (QED) is 0.425. The lowest BCUT2D eigenvalue weighted by Gasteiger charge is -2.07. The van der Waals surface area contributed by atoms with Crippen LogP contribution >= 0.6 is 46.3 Å². The molecule has 2 N–H and O–H groups in total. The van der Waals surface area contributed by atoms with Gasteiger partial charge in [-0.05, 0) is 31.0 Å². The molecule has 1 aliphatic rings. The first-order valence-corrected chi connectivity index (χ1v) is 11.8. The van der Waals surface area contributed by atoms with Gasteiger partial charge in [-0.1, -0.05) is 76.6 Å². The molecule has 1 aromatic heterocycles. The first kappa shape index (κ1) is 21.2. The van der Waals surface area contributed by atoms with Crippen molar-refractivity contribution in [1.82, 2.24) is 10.3 Å². The normalized spacial score (nSPS) is 13.1. The van der Waals surface area contributed by atoms with Crippen LogP contribution in [0.4, 0.5) is 5.00 Å². The molecule has 0 unspecified atom stereocenters. The molecule has 1 saturated carbocycles. The largest absolute Gasteiger partial charge is 0.353 e. The summed E-state index contributed by atoms with van der Waals surface area (Å²) in [5, 5.41) is 7.21. The second kappa shape index (κ2) is 9.39. The topological polar surface area (TPSA) is 71.1 Å². The predicted molar refractivity (Wildman–Crippen MR) is 124 cm³/mol. The molecule has 3 aromatic rings. The molecule has 1 fully saturated rings. The Morgan fingerprint density at radius 3 is 2.60 bits per heavy atom. The molecule has 0 spiro atoms. The van der Waals surface area contributed by atoms with Gasteiger partial charge >= 0.3 is 0 Å². The van der Waals surface area contributed by atoms with Gasteiger partial charge in [0.1, 0.15) is 10.7 Å². The SMILES string of the molecule is O=C(CSc1nc(-c2ccccc2)c(NC(=O)c2ccc(Cl)cc2Cl)s1)NC1CC1. The highest BCUT2D eigenvalue weighted by Gasteiger charge is 2.24. The van der Waals surface area contributed by atoms with Crippen LogP contribution in [0, 0.1) is 0 Å². The van der Waals surface area contributed by atoms with E-state index in [2.05, 4.69) is 15.6 Å². The molecule has 30 heavy (non-hydrogen) atoms. The fourth-order valence-electron chi connectivity index (χ4n) is 2.71. The van der Waals surface area contributed by atoms with Gasteiger partial charge in [-0.25, -0.2) is 4.98 Å². The summed E-state index contributed by atoms with van der Waals surface area (Å²) >= 11 is 14.8. The number of carbonyl (C=O) groups excluding carboxylic acids is 2. The molecule has 0 atom stereocenters. The number of halogens is 2. The van der Waals surface area contributed by atoms with Gasteiger partial charge in [-0.3, -0.25) is 9.59 Å². The highest BCUT2D eigenvalue weighted by atomic mass is 35.5. The van der Waals surface area contributed by atoms with E-state index in [0.717, 1.165) is 18.4 Å². The van der Waals surface area contributed by atoms with Gasteiger partial charge in [0.2, 0.25) is 5.91 Å². The van der Waals surface area contributed by atoms with Crippen molar-refractivity contribution < 1.29 is 9.59 Å². The van der Waals surface area contributed by atoms with Crippen LogP contribution in [0.3, 0.4) is 0 Å². The molecule has 1 heterocycles. The first-order valence-electron chi connectivity index (χ1n) is 9.24. The maximum Gasteiger partial charge on any atom is 0.257 e. The molecule has 154 valence electrons.